The van der Waals surface area contributed by atoms with Gasteiger partial charge < -0.3 is 5.32 Å². The molecule has 0 fully saturated rings. The first-order valence-corrected chi connectivity index (χ1v) is 8.82. The van der Waals surface area contributed by atoms with Gasteiger partial charge in [-0.25, -0.2) is 4.68 Å². The van der Waals surface area contributed by atoms with Crippen molar-refractivity contribution in [3.05, 3.63) is 120 Å². The van der Waals surface area contributed by atoms with Gasteiger partial charge in [0.2, 0.25) is 0 Å². The van der Waals surface area contributed by atoms with Crippen molar-refractivity contribution in [1.29, 1.82) is 0 Å². The van der Waals surface area contributed by atoms with E-state index in [-0.39, 0.29) is 6.04 Å². The molecular weight excluding hydrogens is 318 g/mol. The number of nitrogens with zero attached hydrogens (tertiary/aromatic N) is 2. The van der Waals surface area contributed by atoms with E-state index in [1.165, 1.54) is 11.1 Å². The van der Waals surface area contributed by atoms with Crippen molar-refractivity contribution in [2.75, 3.05) is 0 Å². The first-order chi connectivity index (χ1) is 12.9. The molecule has 0 saturated carbocycles. The summed E-state index contributed by atoms with van der Waals surface area (Å²) in [7, 11) is 0. The molecule has 0 radical (unpaired) electrons. The van der Waals surface area contributed by atoms with Gasteiger partial charge in [0.25, 0.3) is 0 Å². The molecule has 3 aromatic carbocycles. The van der Waals surface area contributed by atoms with Crippen LogP contribution in [-0.4, -0.2) is 9.78 Å². The summed E-state index contributed by atoms with van der Waals surface area (Å²) in [5.41, 5.74) is 4.75. The fourth-order valence-corrected chi connectivity index (χ4v) is 3.11. The monoisotopic (exact) mass is 339 g/mol. The Morgan fingerprint density at radius 3 is 1.85 bits per heavy atom. The molecule has 1 aromatic heterocycles. The van der Waals surface area contributed by atoms with E-state index in [2.05, 4.69) is 89.4 Å². The van der Waals surface area contributed by atoms with Crippen molar-refractivity contribution in [1.82, 2.24) is 15.1 Å². The lowest BCUT2D eigenvalue weighted by atomic mass is 9.98. The molecule has 0 aliphatic rings. The second-order valence-electron chi connectivity index (χ2n) is 6.26. The van der Waals surface area contributed by atoms with Crippen LogP contribution in [0.15, 0.2) is 103 Å². The summed E-state index contributed by atoms with van der Waals surface area (Å²) in [6, 6.07) is 31.4. The predicted octanol–water partition coefficient (Wildman–Crippen LogP) is 4.75. The highest BCUT2D eigenvalue weighted by atomic mass is 15.3. The van der Waals surface area contributed by atoms with Crippen LogP contribution in [-0.2, 0) is 6.54 Å². The first-order valence-electron chi connectivity index (χ1n) is 8.82. The Morgan fingerprint density at radius 1 is 0.731 bits per heavy atom. The van der Waals surface area contributed by atoms with E-state index in [4.69, 9.17) is 0 Å². The van der Waals surface area contributed by atoms with Crippen LogP contribution in [0.2, 0.25) is 0 Å². The second kappa shape index (κ2) is 7.81. The van der Waals surface area contributed by atoms with Crippen molar-refractivity contribution in [2.45, 2.75) is 12.6 Å². The topological polar surface area (TPSA) is 29.9 Å². The van der Waals surface area contributed by atoms with Crippen LogP contribution in [0.5, 0.6) is 0 Å². The third-order valence-electron chi connectivity index (χ3n) is 4.43. The highest BCUT2D eigenvalue weighted by Crippen LogP contribution is 2.22. The molecular formula is C23H21N3. The number of benzene rings is 3. The van der Waals surface area contributed by atoms with Gasteiger partial charge in [0.1, 0.15) is 0 Å². The van der Waals surface area contributed by atoms with Crippen LogP contribution in [0.3, 0.4) is 0 Å². The number of rotatable bonds is 6. The van der Waals surface area contributed by atoms with E-state index in [0.29, 0.717) is 0 Å². The summed E-state index contributed by atoms with van der Waals surface area (Å²) in [6.45, 7) is 0.751. The standard InChI is InChI=1S/C23H21N3/c1-4-10-20(11-5-1)23(21-12-6-2-7-13-21)24-16-19-17-25-26(18-19)22-14-8-3-9-15-22/h1-15,17-18,23-24H,16H2. The number of para-hydroxylation sites is 1. The zero-order valence-electron chi connectivity index (χ0n) is 14.5. The lowest BCUT2D eigenvalue weighted by Gasteiger charge is -2.19. The van der Waals surface area contributed by atoms with Gasteiger partial charge in [-0.3, -0.25) is 0 Å². The highest BCUT2D eigenvalue weighted by molar-refractivity contribution is 5.33. The van der Waals surface area contributed by atoms with Gasteiger partial charge in [-0.1, -0.05) is 78.9 Å². The summed E-state index contributed by atoms with van der Waals surface area (Å²) in [6.07, 6.45) is 4.00. The predicted molar refractivity (Wildman–Crippen MR) is 105 cm³/mol. The maximum absolute atomic E-state index is 4.49. The smallest absolute Gasteiger partial charge is 0.0645 e. The molecule has 1 N–H and O–H groups in total. The van der Waals surface area contributed by atoms with Gasteiger partial charge >= 0.3 is 0 Å². The van der Waals surface area contributed by atoms with Crippen molar-refractivity contribution in [2.24, 2.45) is 0 Å². The number of aromatic nitrogens is 2. The second-order valence-corrected chi connectivity index (χ2v) is 6.26. The molecule has 0 bridgehead atoms. The molecule has 3 nitrogen and oxygen atoms in total. The summed E-state index contributed by atoms with van der Waals surface area (Å²) >= 11 is 0. The Hall–Kier alpha value is -3.17. The minimum atomic E-state index is 0.150. The van der Waals surface area contributed by atoms with E-state index in [1.54, 1.807) is 0 Å². The summed E-state index contributed by atoms with van der Waals surface area (Å²) < 4.78 is 1.91. The lowest BCUT2D eigenvalue weighted by molar-refractivity contribution is 0.605. The fourth-order valence-electron chi connectivity index (χ4n) is 3.11. The maximum atomic E-state index is 4.49. The van der Waals surface area contributed by atoms with Crippen LogP contribution < -0.4 is 5.32 Å². The van der Waals surface area contributed by atoms with Gasteiger partial charge in [-0.15, -0.1) is 0 Å². The summed E-state index contributed by atoms with van der Waals surface area (Å²) in [5, 5.41) is 8.17. The van der Waals surface area contributed by atoms with Gasteiger partial charge in [0.05, 0.1) is 17.9 Å². The Balaban J connectivity index is 1.53. The third-order valence-corrected chi connectivity index (χ3v) is 4.43. The van der Waals surface area contributed by atoms with Crippen LogP contribution in [0.1, 0.15) is 22.7 Å². The Kier molecular flexibility index (Phi) is 4.90. The zero-order chi connectivity index (χ0) is 17.6. The molecule has 0 unspecified atom stereocenters. The molecule has 1 heterocycles. The van der Waals surface area contributed by atoms with E-state index in [9.17, 15) is 0 Å². The Labute approximate surface area is 153 Å². The van der Waals surface area contributed by atoms with Crippen LogP contribution in [0.25, 0.3) is 5.69 Å². The lowest BCUT2D eigenvalue weighted by Crippen LogP contribution is -2.21. The van der Waals surface area contributed by atoms with Crippen LogP contribution >= 0.6 is 0 Å². The van der Waals surface area contributed by atoms with E-state index < -0.39 is 0 Å². The minimum absolute atomic E-state index is 0.150. The summed E-state index contributed by atoms with van der Waals surface area (Å²) in [5.74, 6) is 0. The molecule has 0 atom stereocenters. The fraction of sp³-hybridized carbons (Fsp3) is 0.0870. The number of hydrogen-bond acceptors (Lipinski definition) is 2. The quantitative estimate of drug-likeness (QED) is 0.549. The molecule has 0 aliphatic heterocycles. The molecule has 0 aliphatic carbocycles. The Morgan fingerprint density at radius 2 is 1.27 bits per heavy atom. The third kappa shape index (κ3) is 3.73. The van der Waals surface area contributed by atoms with Crippen LogP contribution in [0.4, 0.5) is 0 Å². The SMILES string of the molecule is c1ccc(C(NCc2cnn(-c3ccccc3)c2)c2ccccc2)cc1. The normalized spacial score (nSPS) is 11.0. The van der Waals surface area contributed by atoms with E-state index >= 15 is 0 Å². The van der Waals surface area contributed by atoms with Crippen molar-refractivity contribution in [3.63, 3.8) is 0 Å². The van der Waals surface area contributed by atoms with Crippen molar-refractivity contribution in [3.8, 4) is 5.69 Å². The Bertz CT molecular complexity index is 891. The molecule has 128 valence electrons. The van der Waals surface area contributed by atoms with Gasteiger partial charge in [0.15, 0.2) is 0 Å². The van der Waals surface area contributed by atoms with Gasteiger partial charge in [0, 0.05) is 18.3 Å². The van der Waals surface area contributed by atoms with Crippen molar-refractivity contribution < 1.29 is 0 Å². The van der Waals surface area contributed by atoms with Crippen molar-refractivity contribution >= 4 is 0 Å². The molecule has 4 rings (SSSR count). The average molecular weight is 339 g/mol. The van der Waals surface area contributed by atoms with E-state index in [1.807, 2.05) is 29.1 Å². The largest absolute Gasteiger partial charge is 0.302 e. The minimum Gasteiger partial charge on any atom is -0.302 e. The molecule has 4 aromatic rings. The highest BCUT2D eigenvalue weighted by Gasteiger charge is 2.13. The van der Waals surface area contributed by atoms with Gasteiger partial charge in [-0.2, -0.15) is 5.10 Å². The number of nitrogens with one attached hydrogen (secondary N) is 1. The summed E-state index contributed by atoms with van der Waals surface area (Å²) in [4.78, 5) is 0. The van der Waals surface area contributed by atoms with E-state index in [0.717, 1.165) is 17.8 Å². The molecule has 0 saturated heterocycles. The molecule has 26 heavy (non-hydrogen) atoms. The molecule has 0 amide bonds. The molecule has 3 heteroatoms. The van der Waals surface area contributed by atoms with Crippen LogP contribution in [0, 0.1) is 0 Å². The number of hydrogen-bond donors (Lipinski definition) is 1. The van der Waals surface area contributed by atoms with Gasteiger partial charge in [-0.05, 0) is 23.3 Å². The maximum Gasteiger partial charge on any atom is 0.0645 e. The first kappa shape index (κ1) is 16.3. The zero-order valence-corrected chi connectivity index (χ0v) is 14.5. The molecule has 0 spiro atoms. The average Bonchev–Trinajstić information content (AvgIpc) is 3.20.